The third kappa shape index (κ3) is 6.18. The molecule has 30 heavy (non-hydrogen) atoms. The van der Waals surface area contributed by atoms with E-state index in [4.69, 9.17) is 0 Å². The van der Waals surface area contributed by atoms with E-state index in [1.165, 1.54) is 0 Å². The molecule has 0 bridgehead atoms. The molecule has 0 spiro atoms. The Kier molecular flexibility index (Phi) is 7.66. The van der Waals surface area contributed by atoms with Crippen molar-refractivity contribution in [2.45, 2.75) is 51.5 Å². The van der Waals surface area contributed by atoms with Crippen molar-refractivity contribution in [3.63, 3.8) is 0 Å². The van der Waals surface area contributed by atoms with E-state index in [2.05, 4.69) is 12.2 Å². The number of rotatable bonds is 8. The van der Waals surface area contributed by atoms with Gasteiger partial charge in [-0.1, -0.05) is 25.5 Å². The first-order chi connectivity index (χ1) is 14.5. The van der Waals surface area contributed by atoms with Crippen LogP contribution in [0.3, 0.4) is 0 Å². The Morgan fingerprint density at radius 2 is 1.77 bits per heavy atom. The molecule has 1 aliphatic heterocycles. The smallest absolute Gasteiger partial charge is 0.251 e. The van der Waals surface area contributed by atoms with Crippen molar-refractivity contribution in [3.05, 3.63) is 41.5 Å². The Labute approximate surface area is 179 Å². The molecule has 1 N–H and O–H groups in total. The number of unbranched alkanes of at least 4 members (excludes halogenated alkanes) is 1. The van der Waals surface area contributed by atoms with Gasteiger partial charge in [0.2, 0.25) is 11.8 Å². The number of carbonyl (C=O) groups is 3. The zero-order valence-electron chi connectivity index (χ0n) is 18.1. The quantitative estimate of drug-likeness (QED) is 0.669. The van der Waals surface area contributed by atoms with Crippen LogP contribution < -0.4 is 5.32 Å². The van der Waals surface area contributed by atoms with E-state index in [1.54, 1.807) is 24.3 Å². The van der Waals surface area contributed by atoms with E-state index in [0.29, 0.717) is 24.7 Å². The second kappa shape index (κ2) is 10.4. The van der Waals surface area contributed by atoms with Crippen LogP contribution in [0.4, 0.5) is 0 Å². The molecule has 1 heterocycles. The van der Waals surface area contributed by atoms with Crippen LogP contribution in [0, 0.1) is 5.92 Å². The van der Waals surface area contributed by atoms with Gasteiger partial charge >= 0.3 is 0 Å². The molecular weight excluding hydrogens is 378 g/mol. The van der Waals surface area contributed by atoms with Crippen molar-refractivity contribution in [3.8, 4) is 0 Å². The van der Waals surface area contributed by atoms with Crippen LogP contribution in [0.15, 0.2) is 30.3 Å². The van der Waals surface area contributed by atoms with Crippen LogP contribution in [0.1, 0.15) is 61.4 Å². The number of amides is 3. The highest BCUT2D eigenvalue weighted by molar-refractivity contribution is 5.95. The molecule has 6 heteroatoms. The fraction of sp³-hybridized carbons (Fsp3) is 0.542. The zero-order chi connectivity index (χ0) is 21.5. The van der Waals surface area contributed by atoms with E-state index in [1.807, 2.05) is 29.0 Å². The lowest BCUT2D eigenvalue weighted by molar-refractivity contribution is -0.138. The molecule has 3 rings (SSSR count). The summed E-state index contributed by atoms with van der Waals surface area (Å²) in [6.45, 7) is 4.15. The van der Waals surface area contributed by atoms with Crippen LogP contribution in [0.5, 0.6) is 0 Å². The molecule has 1 aromatic carbocycles. The predicted molar refractivity (Wildman–Crippen MR) is 118 cm³/mol. The van der Waals surface area contributed by atoms with Gasteiger partial charge in [0.15, 0.2) is 0 Å². The molecule has 3 amide bonds. The minimum Gasteiger partial charge on any atom is -0.349 e. The molecule has 0 atom stereocenters. The van der Waals surface area contributed by atoms with Crippen molar-refractivity contribution >= 4 is 23.8 Å². The summed E-state index contributed by atoms with van der Waals surface area (Å²) in [5, 5.41) is 2.97. The highest BCUT2D eigenvalue weighted by atomic mass is 16.2. The fourth-order valence-electron chi connectivity index (χ4n) is 3.68. The van der Waals surface area contributed by atoms with E-state index in [-0.39, 0.29) is 23.6 Å². The monoisotopic (exact) mass is 411 g/mol. The second-order valence-electron chi connectivity index (χ2n) is 8.42. The highest BCUT2D eigenvalue weighted by Crippen LogP contribution is 2.21. The minimum atomic E-state index is -0.0399. The van der Waals surface area contributed by atoms with Crippen molar-refractivity contribution < 1.29 is 14.4 Å². The summed E-state index contributed by atoms with van der Waals surface area (Å²) in [4.78, 5) is 40.7. The minimum absolute atomic E-state index is 0.0224. The van der Waals surface area contributed by atoms with Crippen LogP contribution >= 0.6 is 0 Å². The topological polar surface area (TPSA) is 69.7 Å². The SMILES string of the molecule is CCCCN(C)C(=O)C1CCN(C(=O)/C=C/c2ccc(C(=O)NC3CC3)cc2)CC1. The molecule has 2 aliphatic rings. The Morgan fingerprint density at radius 3 is 2.37 bits per heavy atom. The van der Waals surface area contributed by atoms with Gasteiger partial charge in [-0.15, -0.1) is 0 Å². The average molecular weight is 412 g/mol. The van der Waals surface area contributed by atoms with Gasteiger partial charge < -0.3 is 15.1 Å². The maximum Gasteiger partial charge on any atom is 0.251 e. The molecule has 0 radical (unpaired) electrons. The molecule has 1 saturated carbocycles. The van der Waals surface area contributed by atoms with Crippen molar-refractivity contribution in [2.24, 2.45) is 5.92 Å². The normalized spacial score (nSPS) is 17.2. The number of benzene rings is 1. The molecule has 2 fully saturated rings. The van der Waals surface area contributed by atoms with Gasteiger partial charge in [0, 0.05) is 50.3 Å². The van der Waals surface area contributed by atoms with Gasteiger partial charge in [-0.3, -0.25) is 14.4 Å². The number of carbonyl (C=O) groups excluding carboxylic acids is 3. The van der Waals surface area contributed by atoms with Gasteiger partial charge in [0.1, 0.15) is 0 Å². The summed E-state index contributed by atoms with van der Waals surface area (Å²) in [7, 11) is 1.87. The van der Waals surface area contributed by atoms with Gasteiger partial charge in [-0.05, 0) is 55.9 Å². The van der Waals surface area contributed by atoms with Crippen LogP contribution in [0.2, 0.25) is 0 Å². The molecule has 162 valence electrons. The van der Waals surface area contributed by atoms with Crippen molar-refractivity contribution in [1.82, 2.24) is 15.1 Å². The number of nitrogens with zero attached hydrogens (tertiary/aromatic N) is 2. The van der Waals surface area contributed by atoms with Crippen LogP contribution in [-0.4, -0.2) is 60.2 Å². The van der Waals surface area contributed by atoms with Crippen molar-refractivity contribution in [1.29, 1.82) is 0 Å². The average Bonchev–Trinajstić information content (AvgIpc) is 3.59. The highest BCUT2D eigenvalue weighted by Gasteiger charge is 2.28. The van der Waals surface area contributed by atoms with Crippen LogP contribution in [0.25, 0.3) is 6.08 Å². The molecule has 0 aromatic heterocycles. The summed E-state index contributed by atoms with van der Waals surface area (Å²) in [5.74, 6) is 0.156. The summed E-state index contributed by atoms with van der Waals surface area (Å²) >= 11 is 0. The lowest BCUT2D eigenvalue weighted by atomic mass is 9.95. The van der Waals surface area contributed by atoms with E-state index in [0.717, 1.165) is 50.6 Å². The molecular formula is C24H33N3O3. The lowest BCUT2D eigenvalue weighted by Gasteiger charge is -2.32. The van der Waals surface area contributed by atoms with Gasteiger partial charge in [-0.25, -0.2) is 0 Å². The van der Waals surface area contributed by atoms with E-state index in [9.17, 15) is 14.4 Å². The fourth-order valence-corrected chi connectivity index (χ4v) is 3.68. The first kappa shape index (κ1) is 22.1. The number of hydrogen-bond donors (Lipinski definition) is 1. The molecule has 1 saturated heterocycles. The third-order valence-corrected chi connectivity index (χ3v) is 5.88. The Hall–Kier alpha value is -2.63. The molecule has 1 aromatic rings. The number of hydrogen-bond acceptors (Lipinski definition) is 3. The van der Waals surface area contributed by atoms with Gasteiger partial charge in [0.25, 0.3) is 5.91 Å². The maximum atomic E-state index is 12.5. The molecule has 6 nitrogen and oxygen atoms in total. The summed E-state index contributed by atoms with van der Waals surface area (Å²) in [6.07, 6.45) is 9.03. The van der Waals surface area contributed by atoms with Gasteiger partial charge in [0.05, 0.1) is 0 Å². The largest absolute Gasteiger partial charge is 0.349 e. The third-order valence-electron chi connectivity index (χ3n) is 5.88. The first-order valence-corrected chi connectivity index (χ1v) is 11.1. The summed E-state index contributed by atoms with van der Waals surface area (Å²) in [5.41, 5.74) is 1.52. The molecule has 0 unspecified atom stereocenters. The summed E-state index contributed by atoms with van der Waals surface area (Å²) in [6, 6.07) is 7.61. The second-order valence-corrected chi connectivity index (χ2v) is 8.42. The first-order valence-electron chi connectivity index (χ1n) is 11.1. The van der Waals surface area contributed by atoms with E-state index < -0.39 is 0 Å². The Morgan fingerprint density at radius 1 is 1.10 bits per heavy atom. The van der Waals surface area contributed by atoms with E-state index >= 15 is 0 Å². The predicted octanol–water partition coefficient (Wildman–Crippen LogP) is 3.09. The van der Waals surface area contributed by atoms with Gasteiger partial charge in [-0.2, -0.15) is 0 Å². The number of likely N-dealkylation sites (tertiary alicyclic amines) is 1. The number of nitrogens with one attached hydrogen (secondary N) is 1. The lowest BCUT2D eigenvalue weighted by Crippen LogP contribution is -2.43. The Balaban J connectivity index is 1.45. The number of piperidine rings is 1. The standard InChI is InChI=1S/C24H33N3O3/c1-3-4-15-26(2)24(30)20-13-16-27(17-14-20)22(28)12-7-18-5-8-19(9-6-18)23(29)25-21-10-11-21/h5-9,12,20-21H,3-4,10-11,13-17H2,1-2H3,(H,25,29)/b12-7+. The maximum absolute atomic E-state index is 12.5. The Bertz CT molecular complexity index is 775. The molecule has 1 aliphatic carbocycles. The van der Waals surface area contributed by atoms with Crippen molar-refractivity contribution in [2.75, 3.05) is 26.7 Å². The van der Waals surface area contributed by atoms with Crippen LogP contribution in [-0.2, 0) is 9.59 Å². The summed E-state index contributed by atoms with van der Waals surface area (Å²) < 4.78 is 0. The zero-order valence-corrected chi connectivity index (χ0v) is 18.1.